The van der Waals surface area contributed by atoms with Crippen LogP contribution in [0.15, 0.2) is 30.3 Å². The number of hydrogen-bond acceptors (Lipinski definition) is 1. The van der Waals surface area contributed by atoms with Crippen LogP contribution in [0.5, 0.6) is 0 Å². The lowest BCUT2D eigenvalue weighted by molar-refractivity contribution is 0.203. The third kappa shape index (κ3) is 1.94. The van der Waals surface area contributed by atoms with Gasteiger partial charge in [-0.25, -0.2) is 4.79 Å². The van der Waals surface area contributed by atoms with E-state index in [0.29, 0.717) is 0 Å². The highest BCUT2D eigenvalue weighted by molar-refractivity contribution is 5.90. The van der Waals surface area contributed by atoms with Gasteiger partial charge in [-0.3, -0.25) is 4.90 Å². The number of rotatable bonds is 2. The molecule has 0 radical (unpaired) electrons. The molecule has 0 saturated heterocycles. The van der Waals surface area contributed by atoms with Gasteiger partial charge in [-0.1, -0.05) is 24.3 Å². The fourth-order valence-corrected chi connectivity index (χ4v) is 2.06. The standard InChI is InChI=1S/C13H15NO2/c1-14(13(15)16)12-9-5-4-8-11(12)10-6-2-3-7-10/h4-6,8-9H,2-3,7H2,1H3,(H,15,16). The second kappa shape index (κ2) is 4.39. The second-order valence-electron chi connectivity index (χ2n) is 3.98. The summed E-state index contributed by atoms with van der Waals surface area (Å²) in [5.74, 6) is 0. The van der Waals surface area contributed by atoms with Crippen LogP contribution >= 0.6 is 0 Å². The van der Waals surface area contributed by atoms with Crippen molar-refractivity contribution in [2.45, 2.75) is 19.3 Å². The lowest BCUT2D eigenvalue weighted by Gasteiger charge is -2.18. The molecule has 0 heterocycles. The molecule has 1 aromatic rings. The van der Waals surface area contributed by atoms with Crippen LogP contribution in [0.2, 0.25) is 0 Å². The van der Waals surface area contributed by atoms with Gasteiger partial charge in [0.05, 0.1) is 5.69 Å². The smallest absolute Gasteiger partial charge is 0.411 e. The van der Waals surface area contributed by atoms with E-state index in [2.05, 4.69) is 6.08 Å². The van der Waals surface area contributed by atoms with Crippen LogP contribution in [0.3, 0.4) is 0 Å². The zero-order chi connectivity index (χ0) is 11.5. The predicted molar refractivity (Wildman–Crippen MR) is 64.7 cm³/mol. The largest absolute Gasteiger partial charge is 0.465 e. The summed E-state index contributed by atoms with van der Waals surface area (Å²) in [7, 11) is 1.58. The maximum atomic E-state index is 11.0. The maximum Gasteiger partial charge on any atom is 0.411 e. The second-order valence-corrected chi connectivity index (χ2v) is 3.98. The average Bonchev–Trinajstić information content (AvgIpc) is 2.81. The minimum Gasteiger partial charge on any atom is -0.465 e. The number of nitrogens with zero attached hydrogens (tertiary/aromatic N) is 1. The van der Waals surface area contributed by atoms with Gasteiger partial charge in [0, 0.05) is 12.6 Å². The van der Waals surface area contributed by atoms with Gasteiger partial charge in [-0.2, -0.15) is 0 Å². The number of para-hydroxylation sites is 1. The van der Waals surface area contributed by atoms with Crippen LogP contribution in [0.4, 0.5) is 10.5 Å². The van der Waals surface area contributed by atoms with Crippen LogP contribution in [-0.4, -0.2) is 18.2 Å². The van der Waals surface area contributed by atoms with E-state index >= 15 is 0 Å². The molecular weight excluding hydrogens is 202 g/mol. The Bertz CT molecular complexity index is 437. The van der Waals surface area contributed by atoms with Crippen molar-refractivity contribution in [2.75, 3.05) is 11.9 Å². The minimum atomic E-state index is -0.925. The molecular formula is C13H15NO2. The molecule has 3 heteroatoms. The third-order valence-electron chi connectivity index (χ3n) is 2.94. The van der Waals surface area contributed by atoms with Crippen molar-refractivity contribution in [2.24, 2.45) is 0 Å². The number of allylic oxidation sites excluding steroid dienone is 2. The van der Waals surface area contributed by atoms with E-state index in [9.17, 15) is 4.79 Å². The quantitative estimate of drug-likeness (QED) is 0.825. The molecule has 0 spiro atoms. The van der Waals surface area contributed by atoms with Crippen molar-refractivity contribution in [1.29, 1.82) is 0 Å². The van der Waals surface area contributed by atoms with E-state index in [0.717, 1.165) is 24.1 Å². The molecule has 84 valence electrons. The Kier molecular flexibility index (Phi) is 2.95. The topological polar surface area (TPSA) is 40.5 Å². The molecule has 0 atom stereocenters. The molecule has 1 aromatic carbocycles. The van der Waals surface area contributed by atoms with Crippen molar-refractivity contribution >= 4 is 17.4 Å². The van der Waals surface area contributed by atoms with E-state index in [1.807, 2.05) is 24.3 Å². The molecule has 0 saturated carbocycles. The lowest BCUT2D eigenvalue weighted by atomic mass is 10.0. The molecule has 16 heavy (non-hydrogen) atoms. The van der Waals surface area contributed by atoms with Crippen molar-refractivity contribution in [3.63, 3.8) is 0 Å². The maximum absolute atomic E-state index is 11.0. The highest BCUT2D eigenvalue weighted by Crippen LogP contribution is 2.33. The summed E-state index contributed by atoms with van der Waals surface area (Å²) in [5, 5.41) is 9.01. The fraction of sp³-hybridized carbons (Fsp3) is 0.308. The summed E-state index contributed by atoms with van der Waals surface area (Å²) in [4.78, 5) is 12.2. The van der Waals surface area contributed by atoms with Crippen molar-refractivity contribution < 1.29 is 9.90 Å². The Morgan fingerprint density at radius 3 is 2.75 bits per heavy atom. The zero-order valence-corrected chi connectivity index (χ0v) is 9.31. The van der Waals surface area contributed by atoms with Gasteiger partial charge >= 0.3 is 6.09 Å². The SMILES string of the molecule is CN(C(=O)O)c1ccccc1C1=CCCC1. The minimum absolute atomic E-state index is 0.767. The van der Waals surface area contributed by atoms with Crippen LogP contribution < -0.4 is 4.90 Å². The summed E-state index contributed by atoms with van der Waals surface area (Å²) in [5.41, 5.74) is 3.08. The van der Waals surface area contributed by atoms with Gasteiger partial charge in [-0.05, 0) is 30.9 Å². The zero-order valence-electron chi connectivity index (χ0n) is 9.31. The molecule has 0 fully saturated rings. The summed E-state index contributed by atoms with van der Waals surface area (Å²) < 4.78 is 0. The third-order valence-corrected chi connectivity index (χ3v) is 2.94. The number of amides is 1. The van der Waals surface area contributed by atoms with Gasteiger partial charge in [-0.15, -0.1) is 0 Å². The summed E-state index contributed by atoms with van der Waals surface area (Å²) in [6.07, 6.45) is 4.59. The first kappa shape index (κ1) is 10.7. The molecule has 3 nitrogen and oxygen atoms in total. The summed E-state index contributed by atoms with van der Waals surface area (Å²) in [6, 6.07) is 7.66. The summed E-state index contributed by atoms with van der Waals surface area (Å²) in [6.45, 7) is 0. The first-order valence-corrected chi connectivity index (χ1v) is 5.45. The molecule has 2 rings (SSSR count). The van der Waals surface area contributed by atoms with Crippen molar-refractivity contribution in [3.05, 3.63) is 35.9 Å². The number of anilines is 1. The van der Waals surface area contributed by atoms with E-state index < -0.39 is 6.09 Å². The molecule has 1 amide bonds. The highest BCUT2D eigenvalue weighted by Gasteiger charge is 2.16. The monoisotopic (exact) mass is 217 g/mol. The lowest BCUT2D eigenvalue weighted by Crippen LogP contribution is -2.24. The Morgan fingerprint density at radius 2 is 2.12 bits per heavy atom. The molecule has 0 unspecified atom stereocenters. The Labute approximate surface area is 95.0 Å². The Morgan fingerprint density at radius 1 is 1.38 bits per heavy atom. The predicted octanol–water partition coefficient (Wildman–Crippen LogP) is 3.37. The molecule has 1 aliphatic rings. The van der Waals surface area contributed by atoms with Gasteiger partial charge in [0.15, 0.2) is 0 Å². The van der Waals surface area contributed by atoms with Gasteiger partial charge in [0.2, 0.25) is 0 Å². The van der Waals surface area contributed by atoms with Crippen molar-refractivity contribution in [1.82, 2.24) is 0 Å². The molecule has 1 aliphatic carbocycles. The van der Waals surface area contributed by atoms with Gasteiger partial charge < -0.3 is 5.11 Å². The Hall–Kier alpha value is -1.77. The molecule has 0 bridgehead atoms. The number of carbonyl (C=O) groups is 1. The van der Waals surface area contributed by atoms with Gasteiger partial charge in [0.25, 0.3) is 0 Å². The van der Waals surface area contributed by atoms with Crippen LogP contribution in [0.1, 0.15) is 24.8 Å². The van der Waals surface area contributed by atoms with E-state index in [1.165, 1.54) is 16.9 Å². The first-order valence-electron chi connectivity index (χ1n) is 5.45. The van der Waals surface area contributed by atoms with Crippen LogP contribution in [-0.2, 0) is 0 Å². The number of hydrogen-bond donors (Lipinski definition) is 1. The number of benzene rings is 1. The van der Waals surface area contributed by atoms with Crippen LogP contribution in [0.25, 0.3) is 5.57 Å². The highest BCUT2D eigenvalue weighted by atomic mass is 16.4. The average molecular weight is 217 g/mol. The fourth-order valence-electron chi connectivity index (χ4n) is 2.06. The molecule has 0 aliphatic heterocycles. The van der Waals surface area contributed by atoms with E-state index in [1.54, 1.807) is 7.05 Å². The first-order chi connectivity index (χ1) is 7.70. The Balaban J connectivity index is 2.41. The van der Waals surface area contributed by atoms with Crippen molar-refractivity contribution in [3.8, 4) is 0 Å². The molecule has 1 N–H and O–H groups in total. The number of carboxylic acid groups (broad SMARTS) is 1. The molecule has 0 aromatic heterocycles. The normalized spacial score (nSPS) is 14.7. The van der Waals surface area contributed by atoms with Gasteiger partial charge in [0.1, 0.15) is 0 Å². The van der Waals surface area contributed by atoms with Crippen LogP contribution in [0, 0.1) is 0 Å². The van der Waals surface area contributed by atoms with E-state index in [4.69, 9.17) is 5.11 Å². The summed E-state index contributed by atoms with van der Waals surface area (Å²) >= 11 is 0. The van der Waals surface area contributed by atoms with E-state index in [-0.39, 0.29) is 0 Å².